The van der Waals surface area contributed by atoms with Crippen LogP contribution in [-0.2, 0) is 9.59 Å². The van der Waals surface area contributed by atoms with Crippen molar-refractivity contribution in [2.24, 2.45) is 5.92 Å². The number of rotatable bonds is 8. The van der Waals surface area contributed by atoms with Crippen molar-refractivity contribution in [2.45, 2.75) is 38.1 Å². The second kappa shape index (κ2) is 11.3. The molecule has 2 amide bonds. The van der Waals surface area contributed by atoms with Gasteiger partial charge in [-0.2, -0.15) is 0 Å². The Bertz CT molecular complexity index is 889. The molecule has 1 aliphatic heterocycles. The molecule has 1 atom stereocenters. The fourth-order valence-electron chi connectivity index (χ4n) is 3.46. The van der Waals surface area contributed by atoms with Crippen LogP contribution in [0.4, 0.5) is 11.5 Å². The van der Waals surface area contributed by atoms with E-state index in [0.29, 0.717) is 28.8 Å². The Kier molecular flexibility index (Phi) is 8.54. The molecule has 9 heteroatoms. The molecule has 1 fully saturated rings. The molecule has 7 nitrogen and oxygen atoms in total. The number of carbonyl (C=O) groups is 2. The van der Waals surface area contributed by atoms with E-state index in [1.807, 2.05) is 38.1 Å². The van der Waals surface area contributed by atoms with Crippen LogP contribution in [0.2, 0.25) is 5.02 Å². The second-order valence-corrected chi connectivity index (χ2v) is 8.98. The molecular formula is C22H28ClN5O2S. The van der Waals surface area contributed by atoms with E-state index in [2.05, 4.69) is 25.7 Å². The fourth-order valence-corrected chi connectivity index (χ4v) is 4.34. The highest BCUT2D eigenvalue weighted by molar-refractivity contribution is 7.99. The summed E-state index contributed by atoms with van der Waals surface area (Å²) in [6, 6.07) is 9.26. The smallest absolute Gasteiger partial charge is 0.234 e. The maximum absolute atomic E-state index is 12.3. The van der Waals surface area contributed by atoms with Crippen molar-refractivity contribution >= 4 is 46.7 Å². The highest BCUT2D eigenvalue weighted by Crippen LogP contribution is 2.26. The van der Waals surface area contributed by atoms with Gasteiger partial charge in [0.2, 0.25) is 11.8 Å². The first-order chi connectivity index (χ1) is 15.0. The van der Waals surface area contributed by atoms with Gasteiger partial charge in [-0.05, 0) is 49.9 Å². The largest absolute Gasteiger partial charge is 0.356 e. The van der Waals surface area contributed by atoms with Crippen LogP contribution in [0.3, 0.4) is 0 Å². The Balaban J connectivity index is 1.52. The molecule has 31 heavy (non-hydrogen) atoms. The lowest BCUT2D eigenvalue weighted by Crippen LogP contribution is -2.43. The number of carbonyl (C=O) groups excluding carboxylic acids is 2. The summed E-state index contributed by atoms with van der Waals surface area (Å²) in [5.74, 6) is 0.916. The summed E-state index contributed by atoms with van der Waals surface area (Å²) in [7, 11) is 0. The minimum Gasteiger partial charge on any atom is -0.356 e. The van der Waals surface area contributed by atoms with Gasteiger partial charge in [0.15, 0.2) is 5.82 Å². The number of amides is 2. The lowest BCUT2D eigenvalue weighted by Gasteiger charge is -2.32. The van der Waals surface area contributed by atoms with E-state index in [-0.39, 0.29) is 23.5 Å². The number of anilines is 2. The highest BCUT2D eigenvalue weighted by Gasteiger charge is 2.26. The first kappa shape index (κ1) is 23.3. The number of aryl methyl sites for hydroxylation is 1. The molecule has 3 rings (SSSR count). The number of piperidine rings is 1. The van der Waals surface area contributed by atoms with E-state index in [9.17, 15) is 9.59 Å². The number of hydrogen-bond acceptors (Lipinski definition) is 6. The number of halogens is 1. The first-order valence-electron chi connectivity index (χ1n) is 10.5. The third-order valence-electron chi connectivity index (χ3n) is 5.13. The zero-order valence-electron chi connectivity index (χ0n) is 17.9. The Labute approximate surface area is 192 Å². The van der Waals surface area contributed by atoms with Gasteiger partial charge in [0.25, 0.3) is 0 Å². The summed E-state index contributed by atoms with van der Waals surface area (Å²) in [6.07, 6.45) is 2.78. The highest BCUT2D eigenvalue weighted by atomic mass is 35.5. The maximum atomic E-state index is 12.3. The number of nitrogens with zero attached hydrogens (tertiary/aromatic N) is 3. The van der Waals surface area contributed by atoms with Crippen molar-refractivity contribution in [3.05, 3.63) is 40.9 Å². The number of aromatic nitrogens is 2. The van der Waals surface area contributed by atoms with Gasteiger partial charge >= 0.3 is 0 Å². The molecule has 0 saturated carbocycles. The Morgan fingerprint density at radius 3 is 2.81 bits per heavy atom. The van der Waals surface area contributed by atoms with Crippen LogP contribution in [0.1, 0.15) is 31.7 Å². The number of thioether (sulfide) groups is 1. The molecule has 1 aromatic carbocycles. The van der Waals surface area contributed by atoms with Crippen LogP contribution >= 0.6 is 23.4 Å². The normalized spacial score (nSPS) is 16.1. The summed E-state index contributed by atoms with van der Waals surface area (Å²) in [5.41, 5.74) is 1.55. The van der Waals surface area contributed by atoms with Crippen LogP contribution in [0, 0.1) is 12.8 Å². The lowest BCUT2D eigenvalue weighted by molar-refractivity contribution is -0.125. The molecule has 0 unspecified atom stereocenters. The Morgan fingerprint density at radius 2 is 2.10 bits per heavy atom. The van der Waals surface area contributed by atoms with Gasteiger partial charge in [0, 0.05) is 19.6 Å². The lowest BCUT2D eigenvalue weighted by atomic mass is 9.97. The third-order valence-corrected chi connectivity index (χ3v) is 6.36. The molecule has 0 spiro atoms. The number of nitrogens with one attached hydrogen (secondary N) is 2. The van der Waals surface area contributed by atoms with Gasteiger partial charge < -0.3 is 15.5 Å². The summed E-state index contributed by atoms with van der Waals surface area (Å²) in [5, 5.41) is 15.6. The molecule has 1 aliphatic rings. The topological polar surface area (TPSA) is 87.2 Å². The molecule has 1 aromatic heterocycles. The summed E-state index contributed by atoms with van der Waals surface area (Å²) >= 11 is 7.48. The quantitative estimate of drug-likeness (QED) is 0.579. The van der Waals surface area contributed by atoms with Gasteiger partial charge in [-0.15, -0.1) is 10.2 Å². The molecule has 2 heterocycles. The maximum Gasteiger partial charge on any atom is 0.234 e. The van der Waals surface area contributed by atoms with Gasteiger partial charge in [-0.25, -0.2) is 0 Å². The van der Waals surface area contributed by atoms with Crippen LogP contribution in [0.15, 0.2) is 35.4 Å². The van der Waals surface area contributed by atoms with Gasteiger partial charge in [-0.3, -0.25) is 9.59 Å². The standard InChI is InChI=1S/C22H28ClN5O2S/c1-3-11-24-22(30)16-7-5-12-28(13-16)18-9-10-20(27-26-18)31-14-19(29)25-21-15(2)6-4-8-17(21)23/h4,6,8-10,16H,3,5,7,11-14H2,1-2H3,(H,24,30)(H,25,29)/t16-/m0/s1. The summed E-state index contributed by atoms with van der Waals surface area (Å²) in [4.78, 5) is 26.7. The van der Waals surface area contributed by atoms with Crippen LogP contribution in [0.25, 0.3) is 0 Å². The van der Waals surface area contributed by atoms with E-state index in [0.717, 1.165) is 37.2 Å². The van der Waals surface area contributed by atoms with E-state index >= 15 is 0 Å². The summed E-state index contributed by atoms with van der Waals surface area (Å²) < 4.78 is 0. The monoisotopic (exact) mass is 461 g/mol. The molecule has 1 saturated heterocycles. The van der Waals surface area contributed by atoms with Crippen molar-refractivity contribution in [1.82, 2.24) is 15.5 Å². The van der Waals surface area contributed by atoms with Crippen LogP contribution in [-0.4, -0.2) is 47.4 Å². The van der Waals surface area contributed by atoms with Crippen LogP contribution < -0.4 is 15.5 Å². The number of hydrogen-bond donors (Lipinski definition) is 2. The molecule has 166 valence electrons. The van der Waals surface area contributed by atoms with E-state index in [4.69, 9.17) is 11.6 Å². The summed E-state index contributed by atoms with van der Waals surface area (Å²) in [6.45, 7) is 6.17. The fraction of sp³-hybridized carbons (Fsp3) is 0.455. The van der Waals surface area contributed by atoms with Crippen molar-refractivity contribution in [2.75, 3.05) is 35.6 Å². The molecule has 2 aromatic rings. The molecule has 0 bridgehead atoms. The minimum atomic E-state index is -0.149. The van der Waals surface area contributed by atoms with Gasteiger partial charge in [0.05, 0.1) is 22.4 Å². The Hall–Kier alpha value is -2.32. The predicted octanol–water partition coefficient (Wildman–Crippen LogP) is 3.91. The molecular weight excluding hydrogens is 434 g/mol. The van der Waals surface area contributed by atoms with Gasteiger partial charge in [0.1, 0.15) is 5.03 Å². The Morgan fingerprint density at radius 1 is 1.26 bits per heavy atom. The zero-order chi connectivity index (χ0) is 22.2. The average molecular weight is 462 g/mol. The van der Waals surface area contributed by atoms with Crippen molar-refractivity contribution in [1.29, 1.82) is 0 Å². The predicted molar refractivity (Wildman–Crippen MR) is 126 cm³/mol. The first-order valence-corrected chi connectivity index (χ1v) is 11.9. The number of para-hydroxylation sites is 1. The molecule has 0 aliphatic carbocycles. The van der Waals surface area contributed by atoms with E-state index in [1.165, 1.54) is 11.8 Å². The molecule has 2 N–H and O–H groups in total. The van der Waals surface area contributed by atoms with Crippen LogP contribution in [0.5, 0.6) is 0 Å². The van der Waals surface area contributed by atoms with Crippen molar-refractivity contribution in [3.63, 3.8) is 0 Å². The zero-order valence-corrected chi connectivity index (χ0v) is 19.4. The van der Waals surface area contributed by atoms with E-state index < -0.39 is 0 Å². The van der Waals surface area contributed by atoms with E-state index in [1.54, 1.807) is 6.07 Å². The molecule has 0 radical (unpaired) electrons. The number of benzene rings is 1. The SMILES string of the molecule is CCCNC(=O)[C@H]1CCCN(c2ccc(SCC(=O)Nc3c(C)cccc3Cl)nn2)C1. The minimum absolute atomic E-state index is 0.0203. The van der Waals surface area contributed by atoms with Crippen molar-refractivity contribution < 1.29 is 9.59 Å². The van der Waals surface area contributed by atoms with Gasteiger partial charge in [-0.1, -0.05) is 42.4 Å². The third kappa shape index (κ3) is 6.58. The second-order valence-electron chi connectivity index (χ2n) is 7.57. The average Bonchev–Trinajstić information content (AvgIpc) is 2.79. The van der Waals surface area contributed by atoms with Crippen molar-refractivity contribution in [3.8, 4) is 0 Å².